The molecule has 0 spiro atoms. The molecule has 2 rings (SSSR count). The molecule has 0 aliphatic rings. The molecule has 0 saturated carbocycles. The van der Waals surface area contributed by atoms with Crippen LogP contribution < -0.4 is 10.6 Å². The first-order chi connectivity index (χ1) is 9.69. The second-order valence-corrected chi connectivity index (χ2v) is 6.07. The number of hydrogen-bond donors (Lipinski definition) is 2. The third-order valence-corrected chi connectivity index (χ3v) is 3.95. The minimum atomic E-state index is -0.0295. The van der Waals surface area contributed by atoms with E-state index in [1.807, 2.05) is 24.3 Å². The Morgan fingerprint density at radius 2 is 1.90 bits per heavy atom. The third-order valence-electron chi connectivity index (χ3n) is 2.95. The van der Waals surface area contributed by atoms with Gasteiger partial charge in [-0.1, -0.05) is 6.92 Å². The molecule has 2 aromatic rings. The third kappa shape index (κ3) is 4.10. The van der Waals surface area contributed by atoms with Crippen LogP contribution in [-0.4, -0.2) is 12.5 Å². The van der Waals surface area contributed by atoms with Gasteiger partial charge >= 0.3 is 0 Å². The highest BCUT2D eigenvalue weighted by molar-refractivity contribution is 7.11. The highest BCUT2D eigenvalue weighted by atomic mass is 32.1. The van der Waals surface area contributed by atoms with Crippen LogP contribution in [0.2, 0.25) is 0 Å². The summed E-state index contributed by atoms with van der Waals surface area (Å²) in [6.07, 6.45) is 1.09. The maximum Gasteiger partial charge on any atom is 0.251 e. The summed E-state index contributed by atoms with van der Waals surface area (Å²) in [5.41, 5.74) is 1.75. The Bertz CT molecular complexity index is 560. The van der Waals surface area contributed by atoms with Crippen LogP contribution in [0.5, 0.6) is 0 Å². The van der Waals surface area contributed by atoms with Gasteiger partial charge in [-0.25, -0.2) is 0 Å². The van der Waals surface area contributed by atoms with E-state index in [9.17, 15) is 4.79 Å². The van der Waals surface area contributed by atoms with Crippen molar-refractivity contribution < 1.29 is 4.79 Å². The van der Waals surface area contributed by atoms with Gasteiger partial charge in [0.25, 0.3) is 5.91 Å². The molecule has 4 heteroatoms. The standard InChI is InChI=1S/C16H20N2OS/c1-3-10-17-14-7-5-13(6-8-14)16(19)18-11-15-9-4-12(2)20-15/h4-9,17H,3,10-11H2,1-2H3,(H,18,19). The maximum atomic E-state index is 12.0. The number of amides is 1. The van der Waals surface area contributed by atoms with Crippen molar-refractivity contribution in [3.63, 3.8) is 0 Å². The highest BCUT2D eigenvalue weighted by Crippen LogP contribution is 2.15. The Morgan fingerprint density at radius 1 is 1.15 bits per heavy atom. The summed E-state index contributed by atoms with van der Waals surface area (Å²) in [6.45, 7) is 5.73. The summed E-state index contributed by atoms with van der Waals surface area (Å²) in [4.78, 5) is 14.5. The first-order valence-corrected chi connectivity index (χ1v) is 7.68. The fraction of sp³-hybridized carbons (Fsp3) is 0.312. The van der Waals surface area contributed by atoms with Crippen LogP contribution in [-0.2, 0) is 6.54 Å². The number of aryl methyl sites for hydroxylation is 1. The molecule has 2 N–H and O–H groups in total. The minimum Gasteiger partial charge on any atom is -0.385 e. The van der Waals surface area contributed by atoms with Gasteiger partial charge in [0.05, 0.1) is 6.54 Å². The average Bonchev–Trinajstić information content (AvgIpc) is 2.89. The van der Waals surface area contributed by atoms with Crippen molar-refractivity contribution in [3.05, 3.63) is 51.7 Å². The fourth-order valence-corrected chi connectivity index (χ4v) is 2.69. The SMILES string of the molecule is CCCNc1ccc(C(=O)NCc2ccc(C)s2)cc1. The summed E-state index contributed by atoms with van der Waals surface area (Å²) in [5.74, 6) is -0.0295. The molecule has 0 saturated heterocycles. The molecule has 0 aliphatic heterocycles. The Labute approximate surface area is 124 Å². The van der Waals surface area contributed by atoms with Crippen LogP contribution in [0.15, 0.2) is 36.4 Å². The summed E-state index contributed by atoms with van der Waals surface area (Å²) in [7, 11) is 0. The Balaban J connectivity index is 1.88. The van der Waals surface area contributed by atoms with Gasteiger partial charge in [0.15, 0.2) is 0 Å². The van der Waals surface area contributed by atoms with Gasteiger partial charge in [0.2, 0.25) is 0 Å². The first kappa shape index (κ1) is 14.6. The molecule has 0 unspecified atom stereocenters. The fourth-order valence-electron chi connectivity index (χ4n) is 1.86. The second-order valence-electron chi connectivity index (χ2n) is 4.70. The van der Waals surface area contributed by atoms with Gasteiger partial charge in [0, 0.05) is 27.5 Å². The molecule has 1 aromatic heterocycles. The van der Waals surface area contributed by atoms with Crippen molar-refractivity contribution in [1.82, 2.24) is 5.32 Å². The van der Waals surface area contributed by atoms with Gasteiger partial charge in [-0.05, 0) is 49.7 Å². The van der Waals surface area contributed by atoms with Gasteiger partial charge in [-0.3, -0.25) is 4.79 Å². The molecule has 0 aliphatic carbocycles. The molecular formula is C16H20N2OS. The molecule has 1 amide bonds. The van der Waals surface area contributed by atoms with Crippen LogP contribution in [0.25, 0.3) is 0 Å². The lowest BCUT2D eigenvalue weighted by molar-refractivity contribution is 0.0951. The predicted molar refractivity (Wildman–Crippen MR) is 85.4 cm³/mol. The van der Waals surface area contributed by atoms with Crippen LogP contribution >= 0.6 is 11.3 Å². The smallest absolute Gasteiger partial charge is 0.251 e. The lowest BCUT2D eigenvalue weighted by Gasteiger charge is -2.07. The van der Waals surface area contributed by atoms with E-state index in [0.29, 0.717) is 12.1 Å². The number of carbonyl (C=O) groups is 1. The van der Waals surface area contributed by atoms with E-state index in [1.165, 1.54) is 9.75 Å². The van der Waals surface area contributed by atoms with E-state index in [0.717, 1.165) is 18.7 Å². The van der Waals surface area contributed by atoms with Crippen LogP contribution in [0.3, 0.4) is 0 Å². The Kier molecular flexibility index (Phi) is 5.18. The Morgan fingerprint density at radius 3 is 2.50 bits per heavy atom. The number of nitrogens with one attached hydrogen (secondary N) is 2. The molecule has 0 bridgehead atoms. The zero-order valence-corrected chi connectivity index (χ0v) is 12.7. The van der Waals surface area contributed by atoms with Gasteiger partial charge in [0.1, 0.15) is 0 Å². The summed E-state index contributed by atoms with van der Waals surface area (Å²) >= 11 is 1.71. The van der Waals surface area contributed by atoms with Gasteiger partial charge < -0.3 is 10.6 Å². The normalized spacial score (nSPS) is 10.3. The monoisotopic (exact) mass is 288 g/mol. The summed E-state index contributed by atoms with van der Waals surface area (Å²) in [5, 5.41) is 6.23. The van der Waals surface area contributed by atoms with E-state index >= 15 is 0 Å². The van der Waals surface area contributed by atoms with E-state index in [-0.39, 0.29) is 5.91 Å². The molecule has 1 aromatic carbocycles. The quantitative estimate of drug-likeness (QED) is 0.848. The van der Waals surface area contributed by atoms with Gasteiger partial charge in [-0.15, -0.1) is 11.3 Å². The van der Waals surface area contributed by atoms with Gasteiger partial charge in [-0.2, -0.15) is 0 Å². The number of carbonyl (C=O) groups excluding carboxylic acids is 1. The van der Waals surface area contributed by atoms with Crippen molar-refractivity contribution >= 4 is 22.9 Å². The predicted octanol–water partition coefficient (Wildman–Crippen LogP) is 3.81. The van der Waals surface area contributed by atoms with E-state index in [1.54, 1.807) is 11.3 Å². The molecule has 20 heavy (non-hydrogen) atoms. The van der Waals surface area contributed by atoms with Crippen molar-refractivity contribution in [2.45, 2.75) is 26.8 Å². The topological polar surface area (TPSA) is 41.1 Å². The second kappa shape index (κ2) is 7.10. The lowest BCUT2D eigenvalue weighted by Crippen LogP contribution is -2.22. The Hall–Kier alpha value is -1.81. The number of rotatable bonds is 6. The minimum absolute atomic E-state index is 0.0295. The molecule has 106 valence electrons. The summed E-state index contributed by atoms with van der Waals surface area (Å²) in [6, 6.07) is 11.7. The van der Waals surface area contributed by atoms with Crippen molar-refractivity contribution in [3.8, 4) is 0 Å². The molecule has 0 radical (unpaired) electrons. The number of benzene rings is 1. The van der Waals surface area contributed by atoms with E-state index in [2.05, 4.69) is 36.6 Å². The molecule has 0 atom stereocenters. The van der Waals surface area contributed by atoms with Crippen LogP contribution in [0.4, 0.5) is 5.69 Å². The van der Waals surface area contributed by atoms with Crippen molar-refractivity contribution in [1.29, 1.82) is 0 Å². The van der Waals surface area contributed by atoms with Crippen LogP contribution in [0.1, 0.15) is 33.5 Å². The number of hydrogen-bond acceptors (Lipinski definition) is 3. The maximum absolute atomic E-state index is 12.0. The highest BCUT2D eigenvalue weighted by Gasteiger charge is 2.05. The van der Waals surface area contributed by atoms with E-state index in [4.69, 9.17) is 0 Å². The molecular weight excluding hydrogens is 268 g/mol. The summed E-state index contributed by atoms with van der Waals surface area (Å²) < 4.78 is 0. The lowest BCUT2D eigenvalue weighted by atomic mass is 10.2. The molecule has 1 heterocycles. The van der Waals surface area contributed by atoms with E-state index < -0.39 is 0 Å². The average molecular weight is 288 g/mol. The molecule has 0 fully saturated rings. The van der Waals surface area contributed by atoms with Crippen molar-refractivity contribution in [2.24, 2.45) is 0 Å². The van der Waals surface area contributed by atoms with Crippen molar-refractivity contribution in [2.75, 3.05) is 11.9 Å². The zero-order valence-electron chi connectivity index (χ0n) is 11.9. The largest absolute Gasteiger partial charge is 0.385 e. The molecule has 3 nitrogen and oxygen atoms in total. The van der Waals surface area contributed by atoms with Crippen LogP contribution in [0, 0.1) is 6.92 Å². The number of thiophene rings is 1. The zero-order chi connectivity index (χ0) is 14.4. The first-order valence-electron chi connectivity index (χ1n) is 6.86. The number of anilines is 1.